The quantitative estimate of drug-likeness (QED) is 0.509. The molecule has 3 aliphatic rings. The first-order valence-electron chi connectivity index (χ1n) is 10.2. The molecule has 2 aliphatic heterocycles. The van der Waals surface area contributed by atoms with Crippen LogP contribution in [0.5, 0.6) is 0 Å². The average Bonchev–Trinajstić information content (AvgIpc) is 2.98. The fraction of sp³-hybridized carbons (Fsp3) is 0.500. The number of aromatic nitrogens is 2. The van der Waals surface area contributed by atoms with Gasteiger partial charge in [0.25, 0.3) is 0 Å². The number of nitrogens with one attached hydrogen (secondary N) is 1. The molecule has 1 saturated carbocycles. The Hall–Kier alpha value is -1.32. The first kappa shape index (κ1) is 21.5. The molecule has 5 nitrogen and oxygen atoms in total. The topological polar surface area (TPSA) is 48.2 Å². The van der Waals surface area contributed by atoms with Gasteiger partial charge in [-0.2, -0.15) is 0 Å². The number of benzene rings is 1. The molecule has 1 N–H and O–H groups in total. The zero-order valence-electron chi connectivity index (χ0n) is 16.7. The molecule has 5 rings (SSSR count). The molecule has 6 radical (unpaired) electrons. The van der Waals surface area contributed by atoms with E-state index in [1.54, 1.807) is 6.07 Å². The van der Waals surface area contributed by atoms with Crippen molar-refractivity contribution >= 4 is 57.6 Å². The molecule has 1 saturated heterocycles. The number of carbonyl (C=O) groups excluding carboxylic acids is 1. The van der Waals surface area contributed by atoms with Gasteiger partial charge in [-0.1, -0.05) is 21.2 Å². The van der Waals surface area contributed by atoms with Crippen LogP contribution in [0.25, 0.3) is 0 Å². The minimum Gasteiger partial charge on any atom is -0.379 e. The maximum absolute atomic E-state index is 14.7. The predicted molar refractivity (Wildman–Crippen MR) is 123 cm³/mol. The second kappa shape index (κ2) is 7.35. The van der Waals surface area contributed by atoms with Gasteiger partial charge in [-0.25, -0.2) is 4.39 Å². The Balaban J connectivity index is 1.53. The highest BCUT2D eigenvalue weighted by Gasteiger charge is 2.64. The number of hydrogen-bond donors (Lipinski definition) is 1. The van der Waals surface area contributed by atoms with E-state index in [-0.39, 0.29) is 35.5 Å². The number of imidazole rings is 1. The number of rotatable bonds is 5. The maximum Gasteiger partial charge on any atom is 0.226 e. The third-order valence-electron chi connectivity index (χ3n) is 6.60. The SMILES string of the molecule is [B]C([B])([B])n1c(CC(=O)N[C@@H]2CCOC2)c2n(c1=S)C[C@@]1(c3cc(Br)ccc3F)C[C@@H]21. The maximum atomic E-state index is 14.7. The number of nitrogens with zero attached hydrogens (tertiary/aromatic N) is 2. The van der Waals surface area contributed by atoms with E-state index in [0.29, 0.717) is 35.8 Å². The Bertz CT molecular complexity index is 1140. The number of ether oxygens (including phenoxy) is 1. The molecule has 31 heavy (non-hydrogen) atoms. The third-order valence-corrected chi connectivity index (χ3v) is 7.50. The molecule has 1 aromatic heterocycles. The van der Waals surface area contributed by atoms with Crippen LogP contribution in [0, 0.1) is 10.6 Å². The second-order valence-electron chi connectivity index (χ2n) is 8.77. The van der Waals surface area contributed by atoms with Gasteiger partial charge in [0.05, 0.1) is 42.6 Å². The molecule has 1 amide bonds. The molecule has 2 fully saturated rings. The van der Waals surface area contributed by atoms with Crippen molar-refractivity contribution in [2.24, 2.45) is 0 Å². The summed E-state index contributed by atoms with van der Waals surface area (Å²) >= 11 is 9.09. The molecule has 154 valence electrons. The van der Waals surface area contributed by atoms with Crippen LogP contribution in [0.4, 0.5) is 4.39 Å². The second-order valence-corrected chi connectivity index (χ2v) is 10.0. The minimum absolute atomic E-state index is 0.0132. The lowest BCUT2D eigenvalue weighted by Gasteiger charge is -2.26. The number of hydrogen-bond acceptors (Lipinski definition) is 3. The van der Waals surface area contributed by atoms with Crippen LogP contribution in [0.3, 0.4) is 0 Å². The summed E-state index contributed by atoms with van der Waals surface area (Å²) in [6.07, 6.45) is 1.56. The Kier molecular flexibility index (Phi) is 5.11. The summed E-state index contributed by atoms with van der Waals surface area (Å²) in [6, 6.07) is 4.95. The van der Waals surface area contributed by atoms with Gasteiger partial charge in [-0.05, 0) is 48.8 Å². The highest BCUT2D eigenvalue weighted by molar-refractivity contribution is 9.10. The Morgan fingerprint density at radius 2 is 2.19 bits per heavy atom. The lowest BCUT2D eigenvalue weighted by Crippen LogP contribution is -2.40. The summed E-state index contributed by atoms with van der Waals surface area (Å²) in [5.41, 5.74) is 1.72. The van der Waals surface area contributed by atoms with Gasteiger partial charge < -0.3 is 19.2 Å². The van der Waals surface area contributed by atoms with Crippen LogP contribution < -0.4 is 5.32 Å². The fourth-order valence-corrected chi connectivity index (χ4v) is 5.97. The van der Waals surface area contributed by atoms with Gasteiger partial charge in [0.15, 0.2) is 4.77 Å². The predicted octanol–water partition coefficient (Wildman–Crippen LogP) is 1.88. The summed E-state index contributed by atoms with van der Waals surface area (Å²) in [7, 11) is 18.1. The van der Waals surface area contributed by atoms with Crippen molar-refractivity contribution in [3.05, 3.63) is 50.2 Å². The normalized spacial score (nSPS) is 26.5. The monoisotopic (exact) mass is 495 g/mol. The summed E-state index contributed by atoms with van der Waals surface area (Å²) < 4.78 is 24.6. The van der Waals surface area contributed by atoms with Gasteiger partial charge in [0.1, 0.15) is 5.82 Å². The Morgan fingerprint density at radius 1 is 1.42 bits per heavy atom. The van der Waals surface area contributed by atoms with E-state index >= 15 is 0 Å². The van der Waals surface area contributed by atoms with E-state index in [2.05, 4.69) is 21.2 Å². The molecule has 1 aromatic carbocycles. The van der Waals surface area contributed by atoms with Crippen LogP contribution in [-0.2, 0) is 33.1 Å². The molecule has 3 heterocycles. The van der Waals surface area contributed by atoms with Crippen LogP contribution in [0.2, 0.25) is 0 Å². The lowest BCUT2D eigenvalue weighted by molar-refractivity contribution is -0.121. The highest BCUT2D eigenvalue weighted by Crippen LogP contribution is 2.67. The molecule has 0 unspecified atom stereocenters. The summed E-state index contributed by atoms with van der Waals surface area (Å²) in [5.74, 6) is -0.413. The molecule has 3 atom stereocenters. The van der Waals surface area contributed by atoms with Crippen molar-refractivity contribution in [1.82, 2.24) is 14.5 Å². The van der Waals surface area contributed by atoms with Crippen molar-refractivity contribution in [2.75, 3.05) is 13.2 Å². The van der Waals surface area contributed by atoms with Crippen molar-refractivity contribution in [3.8, 4) is 0 Å². The van der Waals surface area contributed by atoms with Gasteiger partial charge >= 0.3 is 0 Å². The largest absolute Gasteiger partial charge is 0.379 e. The smallest absolute Gasteiger partial charge is 0.226 e. The summed E-state index contributed by atoms with van der Waals surface area (Å²) in [5, 5.41) is 1.23. The Labute approximate surface area is 197 Å². The molecule has 0 bridgehead atoms. The first-order valence-corrected chi connectivity index (χ1v) is 11.4. The minimum atomic E-state index is -1.75. The van der Waals surface area contributed by atoms with Crippen molar-refractivity contribution < 1.29 is 13.9 Å². The number of fused-ring (bicyclic) bond motifs is 3. The van der Waals surface area contributed by atoms with E-state index in [1.807, 2.05) is 10.6 Å². The van der Waals surface area contributed by atoms with Crippen LogP contribution in [-0.4, -0.2) is 57.8 Å². The van der Waals surface area contributed by atoms with Gasteiger partial charge in [0, 0.05) is 40.3 Å². The molecule has 1 aliphatic carbocycles. The number of amides is 1. The van der Waals surface area contributed by atoms with E-state index in [9.17, 15) is 9.18 Å². The van der Waals surface area contributed by atoms with E-state index in [4.69, 9.17) is 40.5 Å². The van der Waals surface area contributed by atoms with Gasteiger partial charge in [0.2, 0.25) is 5.91 Å². The Morgan fingerprint density at radius 3 is 2.87 bits per heavy atom. The van der Waals surface area contributed by atoms with Crippen LogP contribution in [0.15, 0.2) is 22.7 Å². The molecular formula is C20H18B3BrFN3O2S. The van der Waals surface area contributed by atoms with E-state index in [0.717, 1.165) is 23.0 Å². The van der Waals surface area contributed by atoms with Gasteiger partial charge in [-0.15, -0.1) is 0 Å². The summed E-state index contributed by atoms with van der Waals surface area (Å²) in [6.45, 7) is 1.62. The fourth-order valence-electron chi connectivity index (χ4n) is 5.18. The van der Waals surface area contributed by atoms with Crippen LogP contribution in [0.1, 0.15) is 35.7 Å². The van der Waals surface area contributed by atoms with E-state index in [1.165, 1.54) is 10.6 Å². The molecule has 2 aromatic rings. The van der Waals surface area contributed by atoms with E-state index < -0.39 is 5.24 Å². The number of halogens is 2. The highest BCUT2D eigenvalue weighted by atomic mass is 79.9. The molecular weight excluding hydrogens is 478 g/mol. The van der Waals surface area contributed by atoms with Gasteiger partial charge in [-0.3, -0.25) is 4.79 Å². The molecule has 11 heteroatoms. The van der Waals surface area contributed by atoms with Crippen molar-refractivity contribution in [2.45, 2.75) is 48.4 Å². The van der Waals surface area contributed by atoms with Crippen molar-refractivity contribution in [1.29, 1.82) is 0 Å². The van der Waals surface area contributed by atoms with Crippen LogP contribution >= 0.6 is 28.1 Å². The zero-order chi connectivity index (χ0) is 22.1. The van der Waals surface area contributed by atoms with Crippen molar-refractivity contribution in [3.63, 3.8) is 0 Å². The molecule has 0 spiro atoms. The first-order chi connectivity index (χ1) is 14.6. The lowest BCUT2D eigenvalue weighted by atomic mass is 9.49. The third kappa shape index (κ3) is 3.47. The number of carbonyl (C=O) groups is 1. The zero-order valence-corrected chi connectivity index (χ0v) is 19.1. The average molecular weight is 496 g/mol. The summed E-state index contributed by atoms with van der Waals surface area (Å²) in [4.78, 5) is 12.8. The standard InChI is InChI=1S/C20H18B3BrFN3O2S/c21-20(22,23)28-15(6-16(29)26-11-3-4-30-8-11)17-13-7-19(13,9-27(17)18(28)31)12-5-10(24)1-2-14(12)25/h1-2,5,11,13H,3-4,6-9H2,(H,26,29)/t11-,13+,19-/m1/s1.